The Labute approximate surface area is 127 Å². The van der Waals surface area contributed by atoms with E-state index in [0.29, 0.717) is 22.1 Å². The normalized spacial score (nSPS) is 10.2. The molecule has 0 spiro atoms. The largest absolute Gasteiger partial charge is 0.507 e. The molecule has 2 aromatic carbocycles. The van der Waals surface area contributed by atoms with Crippen LogP contribution in [0.4, 0.5) is 11.4 Å². The van der Waals surface area contributed by atoms with Crippen LogP contribution in [-0.2, 0) is 0 Å². The van der Waals surface area contributed by atoms with Crippen molar-refractivity contribution in [2.24, 2.45) is 0 Å². The van der Waals surface area contributed by atoms with Crippen molar-refractivity contribution in [1.82, 2.24) is 0 Å². The molecule has 0 unspecified atom stereocenters. The zero-order chi connectivity index (χ0) is 15.6. The van der Waals surface area contributed by atoms with Gasteiger partial charge in [-0.3, -0.25) is 4.79 Å². The van der Waals surface area contributed by atoms with Gasteiger partial charge in [0.25, 0.3) is 5.91 Å². The van der Waals surface area contributed by atoms with Crippen LogP contribution in [0.3, 0.4) is 0 Å². The Morgan fingerprint density at radius 2 is 2.05 bits per heavy atom. The van der Waals surface area contributed by atoms with E-state index in [-0.39, 0.29) is 11.3 Å². The molecular weight excluding hydrogens is 292 g/mol. The molecule has 21 heavy (non-hydrogen) atoms. The first-order chi connectivity index (χ1) is 9.92. The smallest absolute Gasteiger partial charge is 0.259 e. The molecule has 0 aliphatic heterocycles. The lowest BCUT2D eigenvalue weighted by atomic mass is 10.1. The van der Waals surface area contributed by atoms with Gasteiger partial charge in [-0.25, -0.2) is 0 Å². The SMILES string of the molecule is COc1ccc(C(=O)Nc2cc(Cl)c(N)cc2C)c(O)c1. The summed E-state index contributed by atoms with van der Waals surface area (Å²) < 4.78 is 4.97. The number of halogens is 1. The lowest BCUT2D eigenvalue weighted by Crippen LogP contribution is -2.13. The molecule has 0 aliphatic rings. The quantitative estimate of drug-likeness (QED) is 0.760. The lowest BCUT2D eigenvalue weighted by molar-refractivity contribution is 0.102. The van der Waals surface area contributed by atoms with Gasteiger partial charge in [0.05, 0.1) is 23.4 Å². The Morgan fingerprint density at radius 1 is 1.33 bits per heavy atom. The predicted octanol–water partition coefficient (Wildman–Crippen LogP) is 3.20. The van der Waals surface area contributed by atoms with Crippen molar-refractivity contribution in [1.29, 1.82) is 0 Å². The van der Waals surface area contributed by atoms with Crippen LogP contribution in [0.5, 0.6) is 11.5 Å². The molecule has 110 valence electrons. The lowest BCUT2D eigenvalue weighted by Gasteiger charge is -2.11. The molecule has 4 N–H and O–H groups in total. The van der Waals surface area contributed by atoms with Crippen molar-refractivity contribution in [2.45, 2.75) is 6.92 Å². The number of ether oxygens (including phenoxy) is 1. The maximum absolute atomic E-state index is 12.2. The highest BCUT2D eigenvalue weighted by Crippen LogP contribution is 2.28. The maximum Gasteiger partial charge on any atom is 0.259 e. The molecule has 0 saturated heterocycles. The van der Waals surface area contributed by atoms with Gasteiger partial charge in [-0.2, -0.15) is 0 Å². The Morgan fingerprint density at radius 3 is 2.67 bits per heavy atom. The van der Waals surface area contributed by atoms with Gasteiger partial charge in [-0.05, 0) is 36.8 Å². The van der Waals surface area contributed by atoms with Gasteiger partial charge in [0.1, 0.15) is 11.5 Å². The number of phenolic OH excluding ortho intramolecular Hbond substituents is 1. The zero-order valence-corrected chi connectivity index (χ0v) is 12.4. The van der Waals surface area contributed by atoms with Crippen LogP contribution in [0.25, 0.3) is 0 Å². The minimum absolute atomic E-state index is 0.142. The van der Waals surface area contributed by atoms with Gasteiger partial charge in [-0.1, -0.05) is 11.6 Å². The summed E-state index contributed by atoms with van der Waals surface area (Å²) in [5.41, 5.74) is 7.59. The van der Waals surface area contributed by atoms with Crippen LogP contribution in [-0.4, -0.2) is 18.1 Å². The summed E-state index contributed by atoms with van der Waals surface area (Å²) in [5.74, 6) is -0.138. The molecule has 5 nitrogen and oxygen atoms in total. The Bertz CT molecular complexity index is 702. The fraction of sp³-hybridized carbons (Fsp3) is 0.133. The van der Waals surface area contributed by atoms with E-state index in [1.165, 1.54) is 19.2 Å². The van der Waals surface area contributed by atoms with E-state index in [4.69, 9.17) is 22.1 Å². The summed E-state index contributed by atoms with van der Waals surface area (Å²) in [6, 6.07) is 7.70. The number of carbonyl (C=O) groups is 1. The fourth-order valence-corrected chi connectivity index (χ4v) is 2.02. The number of anilines is 2. The molecule has 0 saturated carbocycles. The van der Waals surface area contributed by atoms with Crippen molar-refractivity contribution >= 4 is 28.9 Å². The van der Waals surface area contributed by atoms with Gasteiger partial charge < -0.3 is 20.9 Å². The number of aryl methyl sites for hydroxylation is 1. The summed E-state index contributed by atoms with van der Waals surface area (Å²) in [6.45, 7) is 1.80. The summed E-state index contributed by atoms with van der Waals surface area (Å²) in [4.78, 5) is 12.2. The van der Waals surface area contributed by atoms with Gasteiger partial charge in [0, 0.05) is 11.8 Å². The van der Waals surface area contributed by atoms with E-state index < -0.39 is 5.91 Å². The van der Waals surface area contributed by atoms with Crippen molar-refractivity contribution in [3.05, 3.63) is 46.5 Å². The Hall–Kier alpha value is -2.40. The van der Waals surface area contributed by atoms with E-state index in [2.05, 4.69) is 5.32 Å². The van der Waals surface area contributed by atoms with E-state index in [0.717, 1.165) is 5.56 Å². The second-order valence-electron chi connectivity index (χ2n) is 4.53. The minimum Gasteiger partial charge on any atom is -0.507 e. The number of benzene rings is 2. The molecule has 0 aliphatic carbocycles. The maximum atomic E-state index is 12.2. The highest BCUT2D eigenvalue weighted by atomic mass is 35.5. The monoisotopic (exact) mass is 306 g/mol. The second-order valence-corrected chi connectivity index (χ2v) is 4.93. The molecule has 2 rings (SSSR count). The van der Waals surface area contributed by atoms with Crippen LogP contribution in [0.1, 0.15) is 15.9 Å². The predicted molar refractivity (Wildman–Crippen MR) is 83.2 cm³/mol. The molecular formula is C15H15ClN2O3. The first-order valence-corrected chi connectivity index (χ1v) is 6.54. The number of methoxy groups -OCH3 is 1. The number of nitrogen functional groups attached to an aromatic ring is 1. The number of hydrogen-bond donors (Lipinski definition) is 3. The molecule has 0 aromatic heterocycles. The number of amides is 1. The third-order valence-corrected chi connectivity index (χ3v) is 3.37. The zero-order valence-electron chi connectivity index (χ0n) is 11.6. The third-order valence-electron chi connectivity index (χ3n) is 3.04. The Balaban J connectivity index is 2.28. The van der Waals surface area contributed by atoms with Gasteiger partial charge in [-0.15, -0.1) is 0 Å². The minimum atomic E-state index is -0.445. The van der Waals surface area contributed by atoms with E-state index in [1.54, 1.807) is 25.1 Å². The molecule has 0 atom stereocenters. The van der Waals surface area contributed by atoms with Gasteiger partial charge in [0.15, 0.2) is 0 Å². The number of rotatable bonds is 3. The molecule has 0 bridgehead atoms. The van der Waals surface area contributed by atoms with Crippen LogP contribution >= 0.6 is 11.6 Å². The summed E-state index contributed by atoms with van der Waals surface area (Å²) >= 11 is 5.94. The highest BCUT2D eigenvalue weighted by molar-refractivity contribution is 6.33. The topological polar surface area (TPSA) is 84.6 Å². The number of phenols is 1. The van der Waals surface area contributed by atoms with E-state index in [1.807, 2.05) is 0 Å². The van der Waals surface area contributed by atoms with E-state index >= 15 is 0 Å². The fourth-order valence-electron chi connectivity index (χ4n) is 1.86. The van der Waals surface area contributed by atoms with Crippen molar-refractivity contribution in [3.8, 4) is 11.5 Å². The number of nitrogens with one attached hydrogen (secondary N) is 1. The van der Waals surface area contributed by atoms with Crippen LogP contribution in [0, 0.1) is 6.92 Å². The molecule has 1 amide bonds. The van der Waals surface area contributed by atoms with Crippen molar-refractivity contribution in [2.75, 3.05) is 18.2 Å². The highest BCUT2D eigenvalue weighted by Gasteiger charge is 2.14. The second kappa shape index (κ2) is 5.93. The first-order valence-electron chi connectivity index (χ1n) is 6.16. The third kappa shape index (κ3) is 3.20. The molecule has 6 heteroatoms. The van der Waals surface area contributed by atoms with Crippen LogP contribution in [0.2, 0.25) is 5.02 Å². The van der Waals surface area contributed by atoms with Gasteiger partial charge >= 0.3 is 0 Å². The molecule has 0 radical (unpaired) electrons. The van der Waals surface area contributed by atoms with Crippen molar-refractivity contribution < 1.29 is 14.6 Å². The Kier molecular flexibility index (Phi) is 4.23. The van der Waals surface area contributed by atoms with Gasteiger partial charge in [0.2, 0.25) is 0 Å². The summed E-state index contributed by atoms with van der Waals surface area (Å²) in [5, 5.41) is 12.9. The number of hydrogen-bond acceptors (Lipinski definition) is 4. The molecule has 2 aromatic rings. The standard InChI is InChI=1S/C15H15ClN2O3/c1-8-5-12(17)11(16)7-13(8)18-15(20)10-4-3-9(21-2)6-14(10)19/h3-7,19H,17H2,1-2H3,(H,18,20). The van der Waals surface area contributed by atoms with Crippen LogP contribution < -0.4 is 15.8 Å². The average Bonchev–Trinajstić information content (AvgIpc) is 2.44. The van der Waals surface area contributed by atoms with E-state index in [9.17, 15) is 9.90 Å². The molecule has 0 fully saturated rings. The van der Waals surface area contributed by atoms with Crippen LogP contribution in [0.15, 0.2) is 30.3 Å². The number of aromatic hydroxyl groups is 1. The summed E-state index contributed by atoms with van der Waals surface area (Å²) in [6.07, 6.45) is 0. The number of carbonyl (C=O) groups excluding carboxylic acids is 1. The van der Waals surface area contributed by atoms with Crippen molar-refractivity contribution in [3.63, 3.8) is 0 Å². The average molecular weight is 307 g/mol. The molecule has 0 heterocycles. The number of nitrogens with two attached hydrogens (primary N) is 1. The first kappa shape index (κ1) is 15.0. The summed E-state index contributed by atoms with van der Waals surface area (Å²) in [7, 11) is 1.48.